The van der Waals surface area contributed by atoms with Gasteiger partial charge in [0, 0.05) is 17.0 Å². The van der Waals surface area contributed by atoms with Crippen molar-refractivity contribution in [1.82, 2.24) is 14.8 Å². The number of aromatic nitrogens is 3. The molecule has 6 heteroatoms. The Hall–Kier alpha value is -1.92. The first kappa shape index (κ1) is 16.9. The van der Waals surface area contributed by atoms with Gasteiger partial charge in [0.1, 0.15) is 5.51 Å². The maximum atomic E-state index is 12.6. The summed E-state index contributed by atoms with van der Waals surface area (Å²) in [7, 11) is 0. The molecule has 0 bridgehead atoms. The van der Waals surface area contributed by atoms with Gasteiger partial charge in [-0.2, -0.15) is 0 Å². The first-order valence-electron chi connectivity index (χ1n) is 7.73. The average Bonchev–Trinajstić information content (AvgIpc) is 3.21. The van der Waals surface area contributed by atoms with Crippen molar-refractivity contribution in [3.8, 4) is 0 Å². The number of hydrogen-bond donors (Lipinski definition) is 0. The van der Waals surface area contributed by atoms with Crippen LogP contribution < -0.4 is 0 Å². The summed E-state index contributed by atoms with van der Waals surface area (Å²) in [5.74, 6) is 0.522. The first-order chi connectivity index (χ1) is 11.6. The zero-order chi connectivity index (χ0) is 17.1. The molecule has 0 aliphatic heterocycles. The highest BCUT2D eigenvalue weighted by atomic mass is 32.2. The predicted octanol–water partition coefficient (Wildman–Crippen LogP) is 4.54. The van der Waals surface area contributed by atoms with Crippen LogP contribution >= 0.6 is 23.1 Å². The molecule has 124 valence electrons. The Morgan fingerprint density at radius 2 is 2.04 bits per heavy atom. The quantitative estimate of drug-likeness (QED) is 0.480. The molecule has 24 heavy (non-hydrogen) atoms. The normalized spacial score (nSPS) is 12.3. The second-order valence-electron chi connectivity index (χ2n) is 5.66. The van der Waals surface area contributed by atoms with Crippen LogP contribution in [0.1, 0.15) is 40.3 Å². The fourth-order valence-electron chi connectivity index (χ4n) is 2.97. The maximum absolute atomic E-state index is 12.6. The summed E-state index contributed by atoms with van der Waals surface area (Å²) < 4.78 is 3.06. The van der Waals surface area contributed by atoms with Crippen molar-refractivity contribution in [1.29, 1.82) is 0 Å². The fraction of sp³-hybridized carbons (Fsp3) is 0.278. The summed E-state index contributed by atoms with van der Waals surface area (Å²) in [6, 6.07) is 12.6. The van der Waals surface area contributed by atoms with E-state index in [-0.39, 0.29) is 11.8 Å². The Balaban J connectivity index is 1.82. The van der Waals surface area contributed by atoms with Gasteiger partial charge in [-0.05, 0) is 32.4 Å². The van der Waals surface area contributed by atoms with Gasteiger partial charge in [-0.1, -0.05) is 53.4 Å². The zero-order valence-corrected chi connectivity index (χ0v) is 15.5. The van der Waals surface area contributed by atoms with Gasteiger partial charge < -0.3 is 4.57 Å². The Morgan fingerprint density at radius 1 is 1.29 bits per heavy atom. The molecule has 0 N–H and O–H groups in total. The van der Waals surface area contributed by atoms with Gasteiger partial charge in [-0.25, -0.2) is 0 Å². The van der Waals surface area contributed by atoms with Crippen molar-refractivity contribution in [3.05, 3.63) is 64.4 Å². The molecule has 0 amide bonds. The molecule has 0 aliphatic rings. The van der Waals surface area contributed by atoms with E-state index in [9.17, 15) is 4.79 Å². The molecule has 1 atom stereocenters. The van der Waals surface area contributed by atoms with E-state index in [4.69, 9.17) is 0 Å². The third-order valence-corrected chi connectivity index (χ3v) is 5.98. The molecule has 2 aromatic heterocycles. The van der Waals surface area contributed by atoms with E-state index in [1.54, 1.807) is 5.51 Å². The smallest absolute Gasteiger partial charge is 0.174 e. The van der Waals surface area contributed by atoms with Gasteiger partial charge in [-0.3, -0.25) is 4.79 Å². The Bertz CT molecular complexity index is 826. The Labute approximate surface area is 149 Å². The highest BCUT2D eigenvalue weighted by Gasteiger charge is 2.20. The second kappa shape index (κ2) is 7.32. The van der Waals surface area contributed by atoms with Crippen LogP contribution in [0.5, 0.6) is 0 Å². The fourth-order valence-corrected chi connectivity index (χ4v) is 4.34. The second-order valence-corrected chi connectivity index (χ2v) is 7.71. The topological polar surface area (TPSA) is 47.8 Å². The number of rotatable bonds is 6. The molecule has 0 fully saturated rings. The van der Waals surface area contributed by atoms with Crippen molar-refractivity contribution in [2.24, 2.45) is 0 Å². The van der Waals surface area contributed by atoms with Gasteiger partial charge in [0.25, 0.3) is 0 Å². The van der Waals surface area contributed by atoms with Crippen LogP contribution in [0.4, 0.5) is 0 Å². The molecular weight excluding hydrogens is 338 g/mol. The number of hydrogen-bond acceptors (Lipinski definition) is 5. The van der Waals surface area contributed by atoms with Crippen LogP contribution in [0.25, 0.3) is 0 Å². The third-order valence-electron chi connectivity index (χ3n) is 4.12. The summed E-state index contributed by atoms with van der Waals surface area (Å²) in [5, 5.41) is 7.77. The first-order valence-corrected chi connectivity index (χ1v) is 9.60. The molecule has 3 aromatic rings. The molecule has 0 radical (unpaired) electrons. The maximum Gasteiger partial charge on any atom is 0.174 e. The average molecular weight is 358 g/mol. The van der Waals surface area contributed by atoms with E-state index in [0.717, 1.165) is 21.3 Å². The molecule has 0 saturated carbocycles. The number of aryl methyl sites for hydroxylation is 1. The Morgan fingerprint density at radius 3 is 2.71 bits per heavy atom. The number of thioether (sulfide) groups is 1. The van der Waals surface area contributed by atoms with Gasteiger partial charge in [0.2, 0.25) is 0 Å². The molecule has 1 unspecified atom stereocenters. The minimum atomic E-state index is 0.134. The van der Waals surface area contributed by atoms with Crippen molar-refractivity contribution in [2.75, 3.05) is 5.75 Å². The van der Waals surface area contributed by atoms with E-state index < -0.39 is 0 Å². The largest absolute Gasteiger partial charge is 0.341 e. The van der Waals surface area contributed by atoms with Crippen LogP contribution in [0.3, 0.4) is 0 Å². The summed E-state index contributed by atoms with van der Waals surface area (Å²) in [4.78, 5) is 12.6. The highest BCUT2D eigenvalue weighted by molar-refractivity contribution is 8.01. The van der Waals surface area contributed by atoms with Crippen molar-refractivity contribution < 1.29 is 4.79 Å². The van der Waals surface area contributed by atoms with Crippen LogP contribution in [-0.4, -0.2) is 26.3 Å². The van der Waals surface area contributed by atoms with Crippen LogP contribution in [-0.2, 0) is 0 Å². The summed E-state index contributed by atoms with van der Waals surface area (Å²) in [6.07, 6.45) is 0. The lowest BCUT2D eigenvalue weighted by atomic mass is 10.1. The third kappa shape index (κ3) is 3.44. The number of benzene rings is 1. The molecule has 4 nitrogen and oxygen atoms in total. The number of carbonyl (C=O) groups excluding carboxylic acids is 1. The summed E-state index contributed by atoms with van der Waals surface area (Å²) >= 11 is 2.90. The lowest BCUT2D eigenvalue weighted by Crippen LogP contribution is -2.11. The molecule has 2 heterocycles. The number of Topliss-reactive ketones (excluding diaryl/α,β-unsaturated/α-hetero) is 1. The van der Waals surface area contributed by atoms with E-state index in [2.05, 4.69) is 40.7 Å². The lowest BCUT2D eigenvalue weighted by Gasteiger charge is -2.19. The highest BCUT2D eigenvalue weighted by Crippen LogP contribution is 2.27. The molecular formula is C18H19N3OS2. The number of carbonyl (C=O) groups is 1. The van der Waals surface area contributed by atoms with E-state index >= 15 is 0 Å². The van der Waals surface area contributed by atoms with Crippen LogP contribution in [0.2, 0.25) is 0 Å². The van der Waals surface area contributed by atoms with Crippen LogP contribution in [0.15, 0.2) is 46.2 Å². The van der Waals surface area contributed by atoms with Crippen molar-refractivity contribution in [3.63, 3.8) is 0 Å². The van der Waals surface area contributed by atoms with Crippen molar-refractivity contribution >= 4 is 28.9 Å². The SMILES string of the molecule is Cc1cc(C(=O)CSc2nncs2)c(C)n1C(C)c1ccccc1. The van der Waals surface area contributed by atoms with Crippen LogP contribution in [0, 0.1) is 13.8 Å². The minimum Gasteiger partial charge on any atom is -0.341 e. The van der Waals surface area contributed by atoms with Gasteiger partial charge in [0.05, 0.1) is 11.8 Å². The van der Waals surface area contributed by atoms with Crippen molar-refractivity contribution in [2.45, 2.75) is 31.2 Å². The van der Waals surface area contributed by atoms with E-state index in [0.29, 0.717) is 5.75 Å². The predicted molar refractivity (Wildman–Crippen MR) is 99.1 cm³/mol. The molecule has 0 spiro atoms. The Kier molecular flexibility index (Phi) is 5.16. The van der Waals surface area contributed by atoms with E-state index in [1.165, 1.54) is 28.7 Å². The number of ketones is 1. The lowest BCUT2D eigenvalue weighted by molar-refractivity contribution is 0.102. The molecule has 0 saturated heterocycles. The van der Waals surface area contributed by atoms with Gasteiger partial charge in [0.15, 0.2) is 10.1 Å². The van der Waals surface area contributed by atoms with Gasteiger partial charge >= 0.3 is 0 Å². The zero-order valence-electron chi connectivity index (χ0n) is 13.9. The van der Waals surface area contributed by atoms with E-state index in [1.807, 2.05) is 31.2 Å². The summed E-state index contributed by atoms with van der Waals surface area (Å²) in [6.45, 7) is 6.25. The molecule has 0 aliphatic carbocycles. The molecule has 3 rings (SSSR count). The number of nitrogens with zero attached hydrogens (tertiary/aromatic N) is 3. The minimum absolute atomic E-state index is 0.134. The standard InChI is InChI=1S/C18H19N3OS2/c1-12-9-16(17(22)10-23-18-20-19-11-24-18)14(3)21(12)13(2)15-7-5-4-6-8-15/h4-9,11,13H,10H2,1-3H3. The summed E-state index contributed by atoms with van der Waals surface area (Å²) in [5.41, 5.74) is 5.84. The molecule has 1 aromatic carbocycles. The van der Waals surface area contributed by atoms with Gasteiger partial charge in [-0.15, -0.1) is 10.2 Å². The monoisotopic (exact) mass is 357 g/mol.